The van der Waals surface area contributed by atoms with Crippen LogP contribution in [0.5, 0.6) is 0 Å². The van der Waals surface area contributed by atoms with Crippen molar-refractivity contribution >= 4 is 5.91 Å². The van der Waals surface area contributed by atoms with Crippen molar-refractivity contribution in [3.8, 4) is 0 Å². The summed E-state index contributed by atoms with van der Waals surface area (Å²) in [6.45, 7) is 6.04. The minimum Gasteiger partial charge on any atom is -0.349 e. The van der Waals surface area contributed by atoms with Crippen LogP contribution in [-0.4, -0.2) is 11.9 Å². The summed E-state index contributed by atoms with van der Waals surface area (Å²) in [6, 6.07) is 13.4. The molecule has 0 spiro atoms. The van der Waals surface area contributed by atoms with E-state index in [0.717, 1.165) is 11.6 Å². The molecule has 122 valence electrons. The molecule has 23 heavy (non-hydrogen) atoms. The number of hydrogen-bond acceptors (Lipinski definition) is 1. The van der Waals surface area contributed by atoms with Gasteiger partial charge in [0.15, 0.2) is 11.6 Å². The lowest BCUT2D eigenvalue weighted by Gasteiger charge is -2.29. The molecule has 1 N–H and O–H groups in total. The Morgan fingerprint density at radius 1 is 1.09 bits per heavy atom. The normalized spacial score (nSPS) is 12.7. The third kappa shape index (κ3) is 4.15. The van der Waals surface area contributed by atoms with E-state index in [9.17, 15) is 13.6 Å². The van der Waals surface area contributed by atoms with E-state index in [1.54, 1.807) is 0 Å². The lowest BCUT2D eigenvalue weighted by molar-refractivity contribution is 0.0929. The summed E-state index contributed by atoms with van der Waals surface area (Å²) in [7, 11) is 0. The molecule has 0 aliphatic heterocycles. The first-order valence-corrected chi connectivity index (χ1v) is 7.61. The maximum absolute atomic E-state index is 13.7. The molecule has 1 amide bonds. The fourth-order valence-corrected chi connectivity index (χ4v) is 2.80. The van der Waals surface area contributed by atoms with Crippen molar-refractivity contribution < 1.29 is 13.6 Å². The van der Waals surface area contributed by atoms with E-state index in [1.807, 2.05) is 37.3 Å². The number of halogens is 2. The Bertz CT molecular complexity index is 683. The third-order valence-corrected chi connectivity index (χ3v) is 3.95. The van der Waals surface area contributed by atoms with Gasteiger partial charge in [0, 0.05) is 6.04 Å². The van der Waals surface area contributed by atoms with Crippen LogP contribution >= 0.6 is 0 Å². The van der Waals surface area contributed by atoms with Crippen LogP contribution in [0.15, 0.2) is 48.5 Å². The Morgan fingerprint density at radius 3 is 2.39 bits per heavy atom. The molecule has 0 heterocycles. The van der Waals surface area contributed by atoms with Crippen LogP contribution < -0.4 is 5.32 Å². The zero-order chi connectivity index (χ0) is 17.0. The van der Waals surface area contributed by atoms with E-state index < -0.39 is 17.5 Å². The first kappa shape index (κ1) is 17.1. The number of amides is 1. The molecule has 1 atom stereocenters. The lowest BCUT2D eigenvalue weighted by atomic mass is 9.79. The van der Waals surface area contributed by atoms with Gasteiger partial charge in [-0.05, 0) is 36.5 Å². The van der Waals surface area contributed by atoms with Gasteiger partial charge >= 0.3 is 0 Å². The predicted octanol–water partition coefficient (Wildman–Crippen LogP) is 4.45. The summed E-state index contributed by atoms with van der Waals surface area (Å²) >= 11 is 0. The topological polar surface area (TPSA) is 29.1 Å². The summed E-state index contributed by atoms with van der Waals surface area (Å²) in [5.41, 5.74) is 0.751. The second-order valence-corrected chi connectivity index (χ2v) is 6.43. The van der Waals surface area contributed by atoms with Gasteiger partial charge in [-0.25, -0.2) is 8.78 Å². The highest BCUT2D eigenvalue weighted by molar-refractivity contribution is 5.94. The van der Waals surface area contributed by atoms with E-state index in [1.165, 1.54) is 12.1 Å². The molecule has 0 aliphatic carbocycles. The van der Waals surface area contributed by atoms with Crippen LogP contribution in [-0.2, 0) is 5.41 Å². The molecule has 0 saturated carbocycles. The molecule has 2 rings (SSSR count). The van der Waals surface area contributed by atoms with E-state index >= 15 is 0 Å². The van der Waals surface area contributed by atoms with Crippen molar-refractivity contribution in [2.45, 2.75) is 38.6 Å². The fourth-order valence-electron chi connectivity index (χ4n) is 2.80. The zero-order valence-electron chi connectivity index (χ0n) is 13.6. The average molecular weight is 317 g/mol. The van der Waals surface area contributed by atoms with Crippen molar-refractivity contribution in [2.24, 2.45) is 0 Å². The SMILES string of the molecule is CC(CC(C)(C)c1ccccc1)NC(=O)c1cccc(F)c1F. The summed E-state index contributed by atoms with van der Waals surface area (Å²) in [4.78, 5) is 12.1. The van der Waals surface area contributed by atoms with E-state index in [-0.39, 0.29) is 17.0 Å². The van der Waals surface area contributed by atoms with Crippen LogP contribution in [0.2, 0.25) is 0 Å². The molecule has 0 aromatic heterocycles. The number of carbonyl (C=O) groups excluding carboxylic acids is 1. The number of hydrogen-bond donors (Lipinski definition) is 1. The third-order valence-electron chi connectivity index (χ3n) is 3.95. The maximum atomic E-state index is 13.7. The molecule has 2 nitrogen and oxygen atoms in total. The van der Waals surface area contributed by atoms with Gasteiger partial charge in [0.1, 0.15) is 0 Å². The maximum Gasteiger partial charge on any atom is 0.254 e. The summed E-state index contributed by atoms with van der Waals surface area (Å²) < 4.78 is 26.9. The van der Waals surface area contributed by atoms with Crippen LogP contribution in [0.1, 0.15) is 43.1 Å². The molecule has 0 saturated heterocycles. The Morgan fingerprint density at radius 2 is 1.74 bits per heavy atom. The van der Waals surface area contributed by atoms with Crippen LogP contribution in [0.3, 0.4) is 0 Å². The quantitative estimate of drug-likeness (QED) is 0.867. The largest absolute Gasteiger partial charge is 0.349 e. The van der Waals surface area contributed by atoms with Gasteiger partial charge in [0.25, 0.3) is 5.91 Å². The van der Waals surface area contributed by atoms with Gasteiger partial charge in [-0.3, -0.25) is 4.79 Å². The minimum atomic E-state index is -1.11. The van der Waals surface area contributed by atoms with Crippen molar-refractivity contribution in [1.29, 1.82) is 0 Å². The van der Waals surface area contributed by atoms with Gasteiger partial charge in [-0.1, -0.05) is 50.2 Å². The number of carbonyl (C=O) groups is 1. The lowest BCUT2D eigenvalue weighted by Crippen LogP contribution is -2.37. The second-order valence-electron chi connectivity index (χ2n) is 6.43. The first-order valence-electron chi connectivity index (χ1n) is 7.61. The molecule has 0 bridgehead atoms. The molecular weight excluding hydrogens is 296 g/mol. The zero-order valence-corrected chi connectivity index (χ0v) is 13.6. The molecule has 4 heteroatoms. The van der Waals surface area contributed by atoms with Crippen LogP contribution in [0.4, 0.5) is 8.78 Å². The monoisotopic (exact) mass is 317 g/mol. The molecule has 1 unspecified atom stereocenters. The molecule has 2 aromatic rings. The van der Waals surface area contributed by atoms with Gasteiger partial charge in [-0.2, -0.15) is 0 Å². The minimum absolute atomic E-state index is 0.144. The second kappa shape index (κ2) is 6.90. The molecule has 2 aromatic carbocycles. The molecular formula is C19H21F2NO. The highest BCUT2D eigenvalue weighted by Gasteiger charge is 2.25. The van der Waals surface area contributed by atoms with Crippen LogP contribution in [0, 0.1) is 11.6 Å². The first-order chi connectivity index (χ1) is 10.8. The Kier molecular flexibility index (Phi) is 5.14. The standard InChI is InChI=1S/C19H21F2NO/c1-13(12-19(2,3)14-8-5-4-6-9-14)22-18(23)15-10-7-11-16(20)17(15)21/h4-11,13H,12H2,1-3H3,(H,22,23). The fraction of sp³-hybridized carbons (Fsp3) is 0.316. The smallest absolute Gasteiger partial charge is 0.254 e. The van der Waals surface area contributed by atoms with Gasteiger partial charge in [0.2, 0.25) is 0 Å². The summed E-state index contributed by atoms with van der Waals surface area (Å²) in [5.74, 6) is -2.73. The van der Waals surface area contributed by atoms with Crippen molar-refractivity contribution in [2.75, 3.05) is 0 Å². The summed E-state index contributed by atoms with van der Waals surface area (Å²) in [5, 5.41) is 2.74. The van der Waals surface area contributed by atoms with E-state index in [2.05, 4.69) is 19.2 Å². The van der Waals surface area contributed by atoms with Crippen molar-refractivity contribution in [1.82, 2.24) is 5.32 Å². The Balaban J connectivity index is 2.06. The molecule has 0 fully saturated rings. The van der Waals surface area contributed by atoms with Crippen molar-refractivity contribution in [3.63, 3.8) is 0 Å². The number of nitrogens with one attached hydrogen (secondary N) is 1. The molecule has 0 radical (unpaired) electrons. The number of rotatable bonds is 5. The average Bonchev–Trinajstić information content (AvgIpc) is 2.50. The van der Waals surface area contributed by atoms with Crippen molar-refractivity contribution in [3.05, 3.63) is 71.3 Å². The van der Waals surface area contributed by atoms with E-state index in [4.69, 9.17) is 0 Å². The predicted molar refractivity (Wildman–Crippen MR) is 87.4 cm³/mol. The number of benzene rings is 2. The van der Waals surface area contributed by atoms with E-state index in [0.29, 0.717) is 6.42 Å². The Hall–Kier alpha value is -2.23. The van der Waals surface area contributed by atoms with Crippen LogP contribution in [0.25, 0.3) is 0 Å². The highest BCUT2D eigenvalue weighted by atomic mass is 19.2. The summed E-state index contributed by atoms with van der Waals surface area (Å²) in [6.07, 6.45) is 0.680. The highest BCUT2D eigenvalue weighted by Crippen LogP contribution is 2.28. The Labute approximate surface area is 135 Å². The van der Waals surface area contributed by atoms with Gasteiger partial charge < -0.3 is 5.32 Å². The van der Waals surface area contributed by atoms with Gasteiger partial charge in [0.05, 0.1) is 5.56 Å². The molecule has 0 aliphatic rings. The van der Waals surface area contributed by atoms with Gasteiger partial charge in [-0.15, -0.1) is 0 Å².